The topological polar surface area (TPSA) is 52.9 Å². The first-order chi connectivity index (χ1) is 11.3. The molecule has 2 aromatic rings. The molecule has 3 rings (SSSR count). The maximum Gasteiger partial charge on any atom is 0.220 e. The molecule has 1 amide bonds. The molecule has 0 spiro atoms. The third kappa shape index (κ3) is 4.20. The SMILES string of the molecule is N#Cc1ccc(CCC(=O)NC(c2ccccc2)C2CC2)cc1. The summed E-state index contributed by atoms with van der Waals surface area (Å²) in [5, 5.41) is 12.0. The lowest BCUT2D eigenvalue weighted by Gasteiger charge is -2.19. The second-order valence-electron chi connectivity index (χ2n) is 6.10. The number of benzene rings is 2. The van der Waals surface area contributed by atoms with Gasteiger partial charge in [-0.05, 0) is 48.4 Å². The van der Waals surface area contributed by atoms with Gasteiger partial charge >= 0.3 is 0 Å². The molecule has 0 heterocycles. The van der Waals surface area contributed by atoms with Crippen LogP contribution >= 0.6 is 0 Å². The maximum absolute atomic E-state index is 12.3. The van der Waals surface area contributed by atoms with Crippen molar-refractivity contribution in [3.8, 4) is 6.07 Å². The van der Waals surface area contributed by atoms with Crippen molar-refractivity contribution in [2.75, 3.05) is 0 Å². The Morgan fingerprint density at radius 2 is 1.83 bits per heavy atom. The number of nitrogens with one attached hydrogen (secondary N) is 1. The van der Waals surface area contributed by atoms with Gasteiger partial charge in [-0.3, -0.25) is 4.79 Å². The number of aryl methyl sites for hydroxylation is 1. The average molecular weight is 304 g/mol. The number of rotatable bonds is 6. The van der Waals surface area contributed by atoms with Gasteiger partial charge in [-0.2, -0.15) is 5.26 Å². The van der Waals surface area contributed by atoms with E-state index in [1.165, 1.54) is 18.4 Å². The summed E-state index contributed by atoms with van der Waals surface area (Å²) in [6.45, 7) is 0. The summed E-state index contributed by atoms with van der Waals surface area (Å²) >= 11 is 0. The number of hydrogen-bond donors (Lipinski definition) is 1. The summed E-state index contributed by atoms with van der Waals surface area (Å²) in [6.07, 6.45) is 3.55. The van der Waals surface area contributed by atoms with Gasteiger partial charge in [0.2, 0.25) is 5.91 Å². The van der Waals surface area contributed by atoms with Crippen LogP contribution in [0.25, 0.3) is 0 Å². The van der Waals surface area contributed by atoms with E-state index in [4.69, 9.17) is 5.26 Å². The Morgan fingerprint density at radius 1 is 1.13 bits per heavy atom. The van der Waals surface area contributed by atoms with Gasteiger partial charge in [0.05, 0.1) is 17.7 Å². The van der Waals surface area contributed by atoms with E-state index in [0.717, 1.165) is 5.56 Å². The molecule has 3 nitrogen and oxygen atoms in total. The van der Waals surface area contributed by atoms with Crippen molar-refractivity contribution in [1.82, 2.24) is 5.32 Å². The third-order valence-corrected chi connectivity index (χ3v) is 4.29. The van der Waals surface area contributed by atoms with Gasteiger partial charge in [0, 0.05) is 6.42 Å². The van der Waals surface area contributed by atoms with Crippen molar-refractivity contribution in [1.29, 1.82) is 5.26 Å². The van der Waals surface area contributed by atoms with Crippen LogP contribution in [0.3, 0.4) is 0 Å². The first-order valence-corrected chi connectivity index (χ1v) is 8.09. The van der Waals surface area contributed by atoms with Crippen LogP contribution in [-0.4, -0.2) is 5.91 Å². The summed E-state index contributed by atoms with van der Waals surface area (Å²) in [7, 11) is 0. The molecule has 1 aliphatic carbocycles. The fourth-order valence-corrected chi connectivity index (χ4v) is 2.81. The molecule has 0 aliphatic heterocycles. The van der Waals surface area contributed by atoms with Crippen molar-refractivity contribution < 1.29 is 4.79 Å². The highest BCUT2D eigenvalue weighted by molar-refractivity contribution is 5.76. The quantitative estimate of drug-likeness (QED) is 0.883. The van der Waals surface area contributed by atoms with Crippen LogP contribution in [-0.2, 0) is 11.2 Å². The minimum atomic E-state index is 0.0927. The van der Waals surface area contributed by atoms with E-state index in [2.05, 4.69) is 23.5 Å². The Balaban J connectivity index is 1.56. The number of amides is 1. The minimum Gasteiger partial charge on any atom is -0.349 e. The lowest BCUT2D eigenvalue weighted by atomic mass is 10.0. The molecule has 1 atom stereocenters. The molecule has 23 heavy (non-hydrogen) atoms. The molecule has 116 valence electrons. The highest BCUT2D eigenvalue weighted by atomic mass is 16.1. The summed E-state index contributed by atoms with van der Waals surface area (Å²) in [5.41, 5.74) is 2.93. The third-order valence-electron chi connectivity index (χ3n) is 4.29. The van der Waals surface area contributed by atoms with E-state index < -0.39 is 0 Å². The standard InChI is InChI=1S/C20H20N2O/c21-14-16-8-6-15(7-9-16)10-13-19(23)22-20(18-11-12-18)17-4-2-1-3-5-17/h1-9,18,20H,10-13H2,(H,22,23). The predicted octanol–water partition coefficient (Wildman–Crippen LogP) is 3.76. The Hall–Kier alpha value is -2.60. The van der Waals surface area contributed by atoms with Gasteiger partial charge < -0.3 is 5.32 Å². The van der Waals surface area contributed by atoms with E-state index in [1.54, 1.807) is 12.1 Å². The first kappa shape index (κ1) is 15.3. The van der Waals surface area contributed by atoms with Crippen molar-refractivity contribution in [3.05, 3.63) is 71.3 Å². The lowest BCUT2D eigenvalue weighted by molar-refractivity contribution is -0.122. The summed E-state index contributed by atoms with van der Waals surface area (Å²) in [6, 6.07) is 19.9. The van der Waals surface area contributed by atoms with Crippen LogP contribution in [0.1, 0.15) is 42.0 Å². The highest BCUT2D eigenvalue weighted by Crippen LogP contribution is 2.40. The summed E-state index contributed by atoms with van der Waals surface area (Å²) in [4.78, 5) is 12.3. The lowest BCUT2D eigenvalue weighted by Crippen LogP contribution is -2.30. The Kier molecular flexibility index (Phi) is 4.73. The van der Waals surface area contributed by atoms with Crippen LogP contribution in [0.2, 0.25) is 0 Å². The zero-order chi connectivity index (χ0) is 16.1. The van der Waals surface area contributed by atoms with Crippen LogP contribution in [0, 0.1) is 17.2 Å². The van der Waals surface area contributed by atoms with Crippen molar-refractivity contribution in [2.45, 2.75) is 31.7 Å². The highest BCUT2D eigenvalue weighted by Gasteiger charge is 2.33. The molecule has 0 aromatic heterocycles. The minimum absolute atomic E-state index is 0.0927. The van der Waals surface area contributed by atoms with Crippen LogP contribution in [0.4, 0.5) is 0 Å². The number of carbonyl (C=O) groups excluding carboxylic acids is 1. The summed E-state index contributed by atoms with van der Waals surface area (Å²) < 4.78 is 0. The van der Waals surface area contributed by atoms with Crippen molar-refractivity contribution >= 4 is 5.91 Å². The fourth-order valence-electron chi connectivity index (χ4n) is 2.81. The Labute approximate surface area is 137 Å². The second-order valence-corrected chi connectivity index (χ2v) is 6.10. The largest absolute Gasteiger partial charge is 0.349 e. The number of nitrogens with zero attached hydrogens (tertiary/aromatic N) is 1. The molecule has 1 N–H and O–H groups in total. The first-order valence-electron chi connectivity index (χ1n) is 8.09. The number of hydrogen-bond acceptors (Lipinski definition) is 2. The molecule has 1 fully saturated rings. The van der Waals surface area contributed by atoms with Crippen LogP contribution in [0.5, 0.6) is 0 Å². The van der Waals surface area contributed by atoms with Crippen LogP contribution in [0.15, 0.2) is 54.6 Å². The monoisotopic (exact) mass is 304 g/mol. The molecule has 2 aromatic carbocycles. The molecule has 0 radical (unpaired) electrons. The zero-order valence-corrected chi connectivity index (χ0v) is 13.0. The number of carbonyl (C=O) groups is 1. The number of nitriles is 1. The van der Waals surface area contributed by atoms with E-state index in [0.29, 0.717) is 24.3 Å². The van der Waals surface area contributed by atoms with Crippen molar-refractivity contribution in [3.63, 3.8) is 0 Å². The normalized spacial score (nSPS) is 14.7. The van der Waals surface area contributed by atoms with Gasteiger partial charge in [0.15, 0.2) is 0 Å². The van der Waals surface area contributed by atoms with Gasteiger partial charge in [-0.25, -0.2) is 0 Å². The van der Waals surface area contributed by atoms with Gasteiger partial charge in [0.1, 0.15) is 0 Å². The Morgan fingerprint density at radius 3 is 2.43 bits per heavy atom. The summed E-state index contributed by atoms with van der Waals surface area (Å²) in [5.74, 6) is 0.673. The predicted molar refractivity (Wildman–Crippen MR) is 89.5 cm³/mol. The maximum atomic E-state index is 12.3. The van der Waals surface area contributed by atoms with Gasteiger partial charge in [0.25, 0.3) is 0 Å². The van der Waals surface area contributed by atoms with Crippen LogP contribution < -0.4 is 5.32 Å². The van der Waals surface area contributed by atoms with E-state index in [9.17, 15) is 4.79 Å². The molecule has 0 bridgehead atoms. The Bertz CT molecular complexity index is 697. The fraction of sp³-hybridized carbons (Fsp3) is 0.300. The van der Waals surface area contributed by atoms with Crippen molar-refractivity contribution in [2.24, 2.45) is 5.92 Å². The van der Waals surface area contributed by atoms with E-state index in [-0.39, 0.29) is 11.9 Å². The average Bonchev–Trinajstić information content (AvgIpc) is 3.44. The van der Waals surface area contributed by atoms with Gasteiger partial charge in [-0.1, -0.05) is 42.5 Å². The molecule has 1 saturated carbocycles. The molecule has 3 heteroatoms. The zero-order valence-electron chi connectivity index (χ0n) is 13.0. The molecule has 1 aliphatic rings. The molecule has 1 unspecified atom stereocenters. The van der Waals surface area contributed by atoms with E-state index in [1.807, 2.05) is 30.3 Å². The van der Waals surface area contributed by atoms with Gasteiger partial charge in [-0.15, -0.1) is 0 Å². The molecular formula is C20H20N2O. The second kappa shape index (κ2) is 7.11. The molecular weight excluding hydrogens is 284 g/mol. The molecule has 0 saturated heterocycles. The van der Waals surface area contributed by atoms with E-state index >= 15 is 0 Å². The smallest absolute Gasteiger partial charge is 0.220 e.